The molecule has 0 spiro atoms. The van der Waals surface area contributed by atoms with E-state index in [1.807, 2.05) is 44.2 Å². The lowest BCUT2D eigenvalue weighted by molar-refractivity contribution is -0.119. The number of anilines is 2. The van der Waals surface area contributed by atoms with Gasteiger partial charge < -0.3 is 10.6 Å². The van der Waals surface area contributed by atoms with Gasteiger partial charge in [-0.1, -0.05) is 25.1 Å². The number of rotatable bonds is 3. The number of benzene rings is 2. The molecular formula is C19H20N2O2. The molecule has 0 aliphatic carbocycles. The molecule has 1 aliphatic heterocycles. The Bertz CT molecular complexity index is 794. The number of hydrogen-bond donors (Lipinski definition) is 2. The summed E-state index contributed by atoms with van der Waals surface area (Å²) in [7, 11) is 0. The highest BCUT2D eigenvalue weighted by Gasteiger charge is 2.38. The van der Waals surface area contributed by atoms with E-state index in [2.05, 4.69) is 17.6 Å². The van der Waals surface area contributed by atoms with Crippen LogP contribution in [-0.4, -0.2) is 11.8 Å². The van der Waals surface area contributed by atoms with Gasteiger partial charge in [-0.2, -0.15) is 0 Å². The lowest BCUT2D eigenvalue weighted by atomic mass is 9.86. The first-order valence-corrected chi connectivity index (χ1v) is 7.78. The van der Waals surface area contributed by atoms with E-state index in [0.29, 0.717) is 5.56 Å². The molecule has 1 heterocycles. The summed E-state index contributed by atoms with van der Waals surface area (Å²) in [6.07, 6.45) is 0.920. The van der Waals surface area contributed by atoms with Gasteiger partial charge >= 0.3 is 0 Å². The number of aryl methyl sites for hydroxylation is 1. The zero-order chi connectivity index (χ0) is 16.6. The summed E-state index contributed by atoms with van der Waals surface area (Å²) in [5.74, 6) is -0.222. The molecule has 118 valence electrons. The maximum Gasteiger partial charge on any atom is 0.255 e. The molecule has 2 aromatic carbocycles. The van der Waals surface area contributed by atoms with Crippen LogP contribution in [-0.2, 0) is 16.6 Å². The fourth-order valence-electron chi connectivity index (χ4n) is 2.81. The quantitative estimate of drug-likeness (QED) is 0.907. The van der Waals surface area contributed by atoms with Gasteiger partial charge in [-0.25, -0.2) is 0 Å². The molecule has 0 aromatic heterocycles. The topological polar surface area (TPSA) is 58.2 Å². The Balaban J connectivity index is 1.84. The molecule has 0 fully saturated rings. The molecule has 1 aliphatic rings. The van der Waals surface area contributed by atoms with Crippen molar-refractivity contribution in [3.05, 3.63) is 59.2 Å². The van der Waals surface area contributed by atoms with Crippen molar-refractivity contribution in [1.82, 2.24) is 0 Å². The molecular weight excluding hydrogens is 288 g/mol. The Morgan fingerprint density at radius 1 is 1.17 bits per heavy atom. The van der Waals surface area contributed by atoms with Gasteiger partial charge in [0.1, 0.15) is 0 Å². The van der Waals surface area contributed by atoms with E-state index in [1.54, 1.807) is 12.1 Å². The first-order chi connectivity index (χ1) is 10.9. The normalized spacial score (nSPS) is 15.0. The number of carbonyl (C=O) groups is 2. The number of amides is 2. The molecule has 4 heteroatoms. The van der Waals surface area contributed by atoms with Crippen molar-refractivity contribution in [2.75, 3.05) is 10.6 Å². The van der Waals surface area contributed by atoms with Crippen molar-refractivity contribution in [2.45, 2.75) is 32.6 Å². The van der Waals surface area contributed by atoms with Crippen molar-refractivity contribution in [1.29, 1.82) is 0 Å². The van der Waals surface area contributed by atoms with Crippen LogP contribution in [0, 0.1) is 0 Å². The molecule has 23 heavy (non-hydrogen) atoms. The molecule has 2 aromatic rings. The number of fused-ring (bicyclic) bond motifs is 1. The smallest absolute Gasteiger partial charge is 0.255 e. The van der Waals surface area contributed by atoms with E-state index < -0.39 is 5.41 Å². The third kappa shape index (κ3) is 2.72. The average Bonchev–Trinajstić information content (AvgIpc) is 2.76. The fraction of sp³-hybridized carbons (Fsp3) is 0.263. The monoisotopic (exact) mass is 308 g/mol. The first-order valence-electron chi connectivity index (χ1n) is 7.78. The molecule has 0 atom stereocenters. The minimum Gasteiger partial charge on any atom is -0.325 e. The summed E-state index contributed by atoms with van der Waals surface area (Å²) >= 11 is 0. The van der Waals surface area contributed by atoms with E-state index in [1.165, 1.54) is 5.56 Å². The average molecular weight is 308 g/mol. The predicted octanol–water partition coefficient (Wildman–Crippen LogP) is 3.73. The van der Waals surface area contributed by atoms with E-state index in [4.69, 9.17) is 0 Å². The van der Waals surface area contributed by atoms with Gasteiger partial charge in [0.05, 0.1) is 5.41 Å². The summed E-state index contributed by atoms with van der Waals surface area (Å²) in [6.45, 7) is 5.83. The Kier molecular flexibility index (Phi) is 3.68. The van der Waals surface area contributed by atoms with E-state index in [9.17, 15) is 9.59 Å². The van der Waals surface area contributed by atoms with Gasteiger partial charge in [0, 0.05) is 16.9 Å². The van der Waals surface area contributed by atoms with Crippen molar-refractivity contribution < 1.29 is 9.59 Å². The lowest BCUT2D eigenvalue weighted by Gasteiger charge is -2.15. The van der Waals surface area contributed by atoms with Gasteiger partial charge in [-0.05, 0) is 55.7 Å². The highest BCUT2D eigenvalue weighted by atomic mass is 16.2. The Morgan fingerprint density at radius 2 is 1.96 bits per heavy atom. The molecule has 2 amide bonds. The van der Waals surface area contributed by atoms with Crippen LogP contribution in [0.1, 0.15) is 42.3 Å². The summed E-state index contributed by atoms with van der Waals surface area (Å²) in [5, 5.41) is 5.75. The van der Waals surface area contributed by atoms with Crippen LogP contribution in [0.5, 0.6) is 0 Å². The number of nitrogens with one attached hydrogen (secondary N) is 2. The van der Waals surface area contributed by atoms with Crippen LogP contribution < -0.4 is 10.6 Å². The molecule has 4 nitrogen and oxygen atoms in total. The SMILES string of the molecule is CCc1cccc(NC(=O)c2ccc3c(c2)NC(=O)C3(C)C)c1. The van der Waals surface area contributed by atoms with E-state index >= 15 is 0 Å². The van der Waals surface area contributed by atoms with Crippen molar-refractivity contribution in [2.24, 2.45) is 0 Å². The second kappa shape index (κ2) is 5.54. The molecule has 2 N–H and O–H groups in total. The van der Waals surface area contributed by atoms with Crippen LogP contribution >= 0.6 is 0 Å². The molecule has 3 rings (SSSR count). The summed E-state index contributed by atoms with van der Waals surface area (Å²) in [4.78, 5) is 24.4. The highest BCUT2D eigenvalue weighted by Crippen LogP contribution is 2.37. The van der Waals surface area contributed by atoms with Gasteiger partial charge in [-0.3, -0.25) is 9.59 Å². The van der Waals surface area contributed by atoms with Crippen LogP contribution in [0.15, 0.2) is 42.5 Å². The Hall–Kier alpha value is -2.62. The zero-order valence-electron chi connectivity index (χ0n) is 13.6. The second-order valence-corrected chi connectivity index (χ2v) is 6.35. The molecule has 0 unspecified atom stereocenters. The van der Waals surface area contributed by atoms with Crippen LogP contribution in [0.2, 0.25) is 0 Å². The predicted molar refractivity (Wildman–Crippen MR) is 91.9 cm³/mol. The number of hydrogen-bond acceptors (Lipinski definition) is 2. The van der Waals surface area contributed by atoms with Gasteiger partial charge in [0.2, 0.25) is 5.91 Å². The van der Waals surface area contributed by atoms with E-state index in [0.717, 1.165) is 23.4 Å². The van der Waals surface area contributed by atoms with Gasteiger partial charge in [0.25, 0.3) is 5.91 Å². The first kappa shape index (κ1) is 15.3. The highest BCUT2D eigenvalue weighted by molar-refractivity contribution is 6.09. The molecule has 0 saturated carbocycles. The summed E-state index contributed by atoms with van der Waals surface area (Å²) in [5.41, 5.74) is 3.57. The molecule has 0 bridgehead atoms. The summed E-state index contributed by atoms with van der Waals surface area (Å²) in [6, 6.07) is 13.2. The van der Waals surface area contributed by atoms with Crippen molar-refractivity contribution >= 4 is 23.2 Å². The Morgan fingerprint density at radius 3 is 2.70 bits per heavy atom. The van der Waals surface area contributed by atoms with Crippen molar-refractivity contribution in [3.63, 3.8) is 0 Å². The van der Waals surface area contributed by atoms with Crippen molar-refractivity contribution in [3.8, 4) is 0 Å². The van der Waals surface area contributed by atoms with E-state index in [-0.39, 0.29) is 11.8 Å². The van der Waals surface area contributed by atoms with Gasteiger partial charge in [-0.15, -0.1) is 0 Å². The van der Waals surface area contributed by atoms with Crippen LogP contribution in [0.3, 0.4) is 0 Å². The largest absolute Gasteiger partial charge is 0.325 e. The second-order valence-electron chi connectivity index (χ2n) is 6.35. The lowest BCUT2D eigenvalue weighted by Crippen LogP contribution is -2.26. The van der Waals surface area contributed by atoms with Crippen LogP contribution in [0.25, 0.3) is 0 Å². The van der Waals surface area contributed by atoms with Crippen LogP contribution in [0.4, 0.5) is 11.4 Å². The maximum absolute atomic E-state index is 12.4. The third-order valence-electron chi connectivity index (χ3n) is 4.36. The third-order valence-corrected chi connectivity index (χ3v) is 4.36. The standard InChI is InChI=1S/C19H20N2O2/c1-4-12-6-5-7-14(10-12)20-17(22)13-8-9-15-16(11-13)21-18(23)19(15,2)3/h5-11H,4H2,1-3H3,(H,20,22)(H,21,23). The van der Waals surface area contributed by atoms with Gasteiger partial charge in [0.15, 0.2) is 0 Å². The fourth-order valence-corrected chi connectivity index (χ4v) is 2.81. The minimum absolute atomic E-state index is 0.0410. The minimum atomic E-state index is -0.556. The maximum atomic E-state index is 12.4. The Labute approximate surface area is 135 Å². The molecule has 0 saturated heterocycles. The summed E-state index contributed by atoms with van der Waals surface area (Å²) < 4.78 is 0. The zero-order valence-corrected chi connectivity index (χ0v) is 13.6. The number of carbonyl (C=O) groups excluding carboxylic acids is 2. The molecule has 0 radical (unpaired) electrons.